The van der Waals surface area contributed by atoms with E-state index in [0.29, 0.717) is 65.4 Å². The number of halogens is 7. The molecule has 4 saturated heterocycles. The number of nitrogen functional groups attached to an aromatic ring is 2. The van der Waals surface area contributed by atoms with Gasteiger partial charge in [-0.3, -0.25) is 67.5 Å². The summed E-state index contributed by atoms with van der Waals surface area (Å²) in [4.78, 5) is 166. The average molecular weight is 1810 g/mol. The van der Waals surface area contributed by atoms with E-state index in [1.54, 1.807) is 41.5 Å². The van der Waals surface area contributed by atoms with Crippen LogP contribution in [0.1, 0.15) is 135 Å². The number of carbonyl (C=O) groups is 7. The summed E-state index contributed by atoms with van der Waals surface area (Å²) in [7, 11) is 8.09. The number of primary amides is 1. The molecule has 0 atom stereocenters. The van der Waals surface area contributed by atoms with Crippen LogP contribution in [0, 0.1) is 0 Å². The number of carbonyl (C=O) groups excluding carboxylic acids is 7. The van der Waals surface area contributed by atoms with Gasteiger partial charge in [0.15, 0.2) is 0 Å². The van der Waals surface area contributed by atoms with E-state index in [9.17, 15) is 52.7 Å². The highest BCUT2D eigenvalue weighted by Crippen LogP contribution is 2.39. The molecule has 0 aromatic carbocycles. The summed E-state index contributed by atoms with van der Waals surface area (Å²) in [5.41, 5.74) is 12.2. The number of amides is 6. The van der Waals surface area contributed by atoms with Crippen LogP contribution < -0.4 is 76.7 Å². The number of fused-ring (bicyclic) bond motifs is 6. The molecule has 37 nitrogen and oxygen atoms in total. The first-order valence-corrected chi connectivity index (χ1v) is 38.3. The normalized spacial score (nSPS) is 17.0. The maximum absolute atomic E-state index is 13.4. The van der Waals surface area contributed by atoms with Gasteiger partial charge in [0, 0.05) is 122 Å². The second-order valence-electron chi connectivity index (χ2n) is 29.3. The molecule has 14 heterocycles. The van der Waals surface area contributed by atoms with Gasteiger partial charge in [-0.15, -0.1) is 12.4 Å². The minimum atomic E-state index is -0.813. The number of nitrogens with zero attached hydrogens (tertiary/aromatic N) is 13. The quantitative estimate of drug-likeness (QED) is 0.0730. The number of ether oxygens (including phenoxy) is 2. The van der Waals surface area contributed by atoms with E-state index < -0.39 is 57.4 Å². The molecule has 0 aliphatic carbocycles. The third kappa shape index (κ3) is 22.4. The van der Waals surface area contributed by atoms with Crippen LogP contribution in [0.3, 0.4) is 0 Å². The van der Waals surface area contributed by atoms with Crippen LogP contribution in [0.4, 0.5) is 55.9 Å². The number of anilines is 8. The topological polar surface area (TPSA) is 489 Å². The molecule has 0 bridgehead atoms. The third-order valence-corrected chi connectivity index (χ3v) is 20.7. The average Bonchev–Trinajstić information content (AvgIpc) is 1.58. The highest BCUT2D eigenvalue weighted by atomic mass is 79.9. The van der Waals surface area contributed by atoms with Crippen molar-refractivity contribution in [3.05, 3.63) is 155 Å². The number of aromatic nitrogens is 10. The third-order valence-electron chi connectivity index (χ3n) is 18.4. The molecule has 44 heteroatoms. The van der Waals surface area contributed by atoms with Gasteiger partial charge < -0.3 is 77.8 Å². The number of Topliss-reactive ketones (excluding diaryl/α,β-unsaturated/α-hetero) is 1. The molecule has 614 valence electrons. The van der Waals surface area contributed by atoms with Crippen molar-refractivity contribution in [3.63, 3.8) is 0 Å². The highest BCUT2D eigenvalue weighted by Gasteiger charge is 2.49. The number of hydrogen-bond acceptors (Lipinski definition) is 27. The van der Waals surface area contributed by atoms with Crippen molar-refractivity contribution in [1.82, 2.24) is 84.1 Å². The number of H-pyrrole nitrogens is 1. The Morgan fingerprint density at radius 2 is 0.789 bits per heavy atom. The standard InChI is InChI=1S/C21H26ClN7O4.C16H18ClN7O2.C12H13BrClN3O2.C9H14N4O2.C6H4BrClN2O2.C6H11NO.ClH/c1-20(2,3)33-19(32)26-15-10-14(23-11-24-15)25-13-9-12(22)16-17(30)27-21(29(16)18(13)31)5-7-28(4)8-6-21;1-23-4-2-16(3-5-23)22-14(25)13-9(17)6-10(15(26)24(13)16)21-12-7-11(18)19-8-20-12;1-16-4-2-12(3-5-16)15-10(18)9-8(14)6-7(13)11(19)17(9)12;1-9(2,3)15-8(14)13-7-4-6(10)11-5-12-7;7-2-1-3(8)4(5(9)11)10-6(2)12;1-7-4-2-6(8)3-5-7;/h9-11H,5-8H2,1-4H3,(H,27,30)(H2,23,24,25,26,32);6-8H,2-5H2,1H3,(H,22,25)(H3,18,19,20,21);6H,2-5H2,1H3,(H,15,18);4-5H,1-3H3,(H3,10,11,12,13,14);1H,(H2,9,11)(H,10,12);2-5H2,1H3;1H. The molecule has 0 saturated carbocycles. The fourth-order valence-corrected chi connectivity index (χ4v) is 14.8. The summed E-state index contributed by atoms with van der Waals surface area (Å²) in [6.07, 6.45) is 7.92. The van der Waals surface area contributed by atoms with E-state index in [1.807, 2.05) is 28.2 Å². The second-order valence-corrected chi connectivity index (χ2v) is 32.6. The molecule has 7 aromatic heterocycles. The largest absolute Gasteiger partial charge is 0.444 e. The number of piperidine rings is 4. The first-order valence-electron chi connectivity index (χ1n) is 35.2. The summed E-state index contributed by atoms with van der Waals surface area (Å²) in [5.74, 6) is 0.421. The van der Waals surface area contributed by atoms with Gasteiger partial charge in [0.05, 0.1) is 29.0 Å². The van der Waals surface area contributed by atoms with Gasteiger partial charge in [0.2, 0.25) is 0 Å². The molecule has 6 amide bonds. The number of aromatic amines is 1. The van der Waals surface area contributed by atoms with Crippen LogP contribution in [0.5, 0.6) is 0 Å². The number of likely N-dealkylation sites (tertiary alicyclic amines) is 4. The Balaban J connectivity index is 0.000000180. The second kappa shape index (κ2) is 37.5. The number of pyridine rings is 4. The summed E-state index contributed by atoms with van der Waals surface area (Å²) in [5, 5.41) is 20.5. The van der Waals surface area contributed by atoms with Crippen LogP contribution in [-0.4, -0.2) is 202 Å². The molecule has 14 N–H and O–H groups in total. The number of hydrogen-bond donors (Lipinski definition) is 11. The van der Waals surface area contributed by atoms with Crippen LogP contribution >= 0.6 is 90.7 Å². The fraction of sp³-hybridized carbons (Fsp3) is 0.443. The van der Waals surface area contributed by atoms with E-state index in [2.05, 4.69) is 124 Å². The van der Waals surface area contributed by atoms with E-state index in [0.717, 1.165) is 65.2 Å². The van der Waals surface area contributed by atoms with Gasteiger partial charge in [-0.25, -0.2) is 39.5 Å². The lowest BCUT2D eigenvalue weighted by Gasteiger charge is -2.39. The van der Waals surface area contributed by atoms with Crippen molar-refractivity contribution in [2.45, 2.75) is 121 Å². The van der Waals surface area contributed by atoms with Crippen molar-refractivity contribution < 1.29 is 43.0 Å². The van der Waals surface area contributed by atoms with Gasteiger partial charge in [-0.1, -0.05) is 46.4 Å². The SMILES string of the molecule is CC(C)(C)OC(=O)Nc1cc(N)ncn1.CN1CCC(=O)CC1.CN1CCC2(CC1)NC(=O)c1c(Cl)cc(Br)c(=O)n12.CN1CCC2(CC1)NC(=O)c1c(Cl)cc(Nc3cc(N)ncn3)c(=O)n12.CN1CCC2(CC1)NC(=O)c1c(Cl)cc(Nc3cc(NC(=O)OC(C)(C)C)ncn3)c(=O)n12.Cl.NC(=O)c1[nH]c(=O)c(Br)cc1Cl. The first kappa shape index (κ1) is 90.1. The summed E-state index contributed by atoms with van der Waals surface area (Å²) < 4.78 is 15.4. The zero-order valence-corrected chi connectivity index (χ0v) is 70.6. The number of ketones is 1. The Morgan fingerprint density at radius 1 is 0.465 bits per heavy atom. The van der Waals surface area contributed by atoms with E-state index >= 15 is 0 Å². The van der Waals surface area contributed by atoms with E-state index in [-0.39, 0.29) is 118 Å². The predicted molar refractivity (Wildman–Crippen MR) is 440 cm³/mol. The summed E-state index contributed by atoms with van der Waals surface area (Å²) >= 11 is 30.6. The zero-order valence-electron chi connectivity index (χ0n) is 63.6. The Morgan fingerprint density at radius 3 is 1.16 bits per heavy atom. The molecule has 14 rings (SSSR count). The van der Waals surface area contributed by atoms with Crippen LogP contribution in [0.15, 0.2) is 89.6 Å². The first-order chi connectivity index (χ1) is 53.0. The predicted octanol–water partition coefficient (Wildman–Crippen LogP) is 7.63. The lowest BCUT2D eigenvalue weighted by atomic mass is 9.97. The van der Waals surface area contributed by atoms with Gasteiger partial charge in [-0.05, 0) is 126 Å². The van der Waals surface area contributed by atoms with Crippen LogP contribution in [0.25, 0.3) is 0 Å². The van der Waals surface area contributed by atoms with Crippen molar-refractivity contribution in [2.24, 2.45) is 5.73 Å². The van der Waals surface area contributed by atoms with Crippen LogP contribution in [-0.2, 0) is 31.3 Å². The van der Waals surface area contributed by atoms with Crippen LogP contribution in [0.2, 0.25) is 20.1 Å². The zero-order chi connectivity index (χ0) is 83.0. The summed E-state index contributed by atoms with van der Waals surface area (Å²) in [6, 6.07) is 10.1. The highest BCUT2D eigenvalue weighted by molar-refractivity contribution is 9.10. The number of nitrogens with one attached hydrogen (secondary N) is 8. The van der Waals surface area contributed by atoms with Crippen molar-refractivity contribution >= 4 is 179 Å². The molecule has 0 radical (unpaired) electrons. The van der Waals surface area contributed by atoms with Gasteiger partial charge in [-0.2, -0.15) is 0 Å². The molecule has 7 aromatic rings. The minimum Gasteiger partial charge on any atom is -0.444 e. The van der Waals surface area contributed by atoms with Gasteiger partial charge in [0.25, 0.3) is 45.9 Å². The van der Waals surface area contributed by atoms with Gasteiger partial charge >= 0.3 is 12.2 Å². The lowest BCUT2D eigenvalue weighted by Crippen LogP contribution is -2.53. The molecular formula is C70H87Br2Cl5N24O13. The minimum absolute atomic E-state index is 0. The Kier molecular flexibility index (Phi) is 29.6. The monoisotopic (exact) mass is 1800 g/mol. The molecule has 7 aliphatic rings. The van der Waals surface area contributed by atoms with Crippen molar-refractivity contribution in [3.8, 4) is 0 Å². The number of nitrogens with two attached hydrogens (primary N) is 3. The van der Waals surface area contributed by atoms with Crippen molar-refractivity contribution in [2.75, 3.05) is 113 Å². The summed E-state index contributed by atoms with van der Waals surface area (Å²) in [6.45, 7) is 17.2. The number of rotatable bonds is 7. The molecule has 7 aliphatic heterocycles. The fourth-order valence-electron chi connectivity index (χ4n) is 12.7. The van der Waals surface area contributed by atoms with E-state index in [1.165, 1.54) is 75.1 Å². The lowest BCUT2D eigenvalue weighted by molar-refractivity contribution is -0.121. The molecule has 114 heavy (non-hydrogen) atoms. The Hall–Kier alpha value is -9.42. The molecule has 3 spiro atoms. The smallest absolute Gasteiger partial charge is 0.413 e. The maximum atomic E-state index is 13.4. The Labute approximate surface area is 695 Å². The maximum Gasteiger partial charge on any atom is 0.413 e. The Bertz CT molecular complexity index is 5060. The van der Waals surface area contributed by atoms with E-state index in [4.69, 9.17) is 73.1 Å². The molecule has 4 fully saturated rings. The van der Waals surface area contributed by atoms with Gasteiger partial charge in [0.1, 0.15) is 122 Å². The molecule has 0 unspecified atom stereocenters. The van der Waals surface area contributed by atoms with Crippen molar-refractivity contribution in [1.29, 1.82) is 0 Å². The molecular weight excluding hydrogens is 1720 g/mol.